The van der Waals surface area contributed by atoms with Gasteiger partial charge in [0.1, 0.15) is 5.82 Å². The average molecular weight is 418 g/mol. The van der Waals surface area contributed by atoms with E-state index in [2.05, 4.69) is 22.3 Å². The number of carboxylic acid groups (broad SMARTS) is 1. The Labute approximate surface area is 171 Å². The van der Waals surface area contributed by atoms with E-state index in [0.717, 1.165) is 30.8 Å². The molecular weight excluding hydrogens is 397 g/mol. The Morgan fingerprint density at radius 1 is 1.17 bits per heavy atom. The van der Waals surface area contributed by atoms with Crippen molar-refractivity contribution >= 4 is 11.8 Å². The van der Waals surface area contributed by atoms with E-state index < -0.39 is 17.7 Å². The monoisotopic (exact) mass is 418 g/mol. The van der Waals surface area contributed by atoms with E-state index in [1.165, 1.54) is 16.9 Å². The maximum atomic E-state index is 12.7. The topological polar surface area (TPSA) is 80.0 Å². The molecule has 0 fully saturated rings. The summed E-state index contributed by atoms with van der Waals surface area (Å²) in [6.07, 6.45) is 0.383. The van der Waals surface area contributed by atoms with Gasteiger partial charge in [0, 0.05) is 18.9 Å². The average Bonchev–Trinajstić information content (AvgIpc) is 3.20. The summed E-state index contributed by atoms with van der Waals surface area (Å²) < 4.78 is 39.3. The summed E-state index contributed by atoms with van der Waals surface area (Å²) in [6.45, 7) is 2.80. The quantitative estimate of drug-likeness (QED) is 0.556. The summed E-state index contributed by atoms with van der Waals surface area (Å²) >= 11 is 0. The summed E-state index contributed by atoms with van der Waals surface area (Å²) in [7, 11) is 0. The summed E-state index contributed by atoms with van der Waals surface area (Å²) in [4.78, 5) is 14.9. The standard InChI is InChI=1S/C21H21F3N4O2/c1-14(8-9-25-19-7-4-16(11-26-19)20(29)30)10-15-2-5-18(6-3-15)28-13-17(12-27-28)21(22,23)24/h2-7,11-14H,8-10H2,1H3,(H,25,26)(H,29,30). The van der Waals surface area contributed by atoms with Crippen LogP contribution in [-0.2, 0) is 12.6 Å². The number of carbonyl (C=O) groups is 1. The Morgan fingerprint density at radius 2 is 1.90 bits per heavy atom. The van der Waals surface area contributed by atoms with Gasteiger partial charge in [-0.2, -0.15) is 18.3 Å². The molecule has 0 aliphatic rings. The molecule has 3 aromatic rings. The van der Waals surface area contributed by atoms with Crippen LogP contribution in [0.25, 0.3) is 5.69 Å². The number of aromatic carboxylic acids is 1. The largest absolute Gasteiger partial charge is 0.478 e. The van der Waals surface area contributed by atoms with Gasteiger partial charge in [0.15, 0.2) is 0 Å². The molecule has 158 valence electrons. The predicted octanol–water partition coefficient (Wildman–Crippen LogP) is 4.67. The fraction of sp³-hybridized carbons (Fsp3) is 0.286. The number of rotatable bonds is 8. The molecule has 0 aliphatic heterocycles. The fourth-order valence-corrected chi connectivity index (χ4v) is 2.97. The van der Waals surface area contributed by atoms with Crippen LogP contribution in [0, 0.1) is 5.92 Å². The molecule has 2 N–H and O–H groups in total. The first-order valence-corrected chi connectivity index (χ1v) is 9.37. The van der Waals surface area contributed by atoms with Crippen molar-refractivity contribution in [1.82, 2.24) is 14.8 Å². The van der Waals surface area contributed by atoms with E-state index in [4.69, 9.17) is 5.11 Å². The zero-order chi connectivity index (χ0) is 21.7. The highest BCUT2D eigenvalue weighted by Crippen LogP contribution is 2.29. The normalized spacial score (nSPS) is 12.5. The van der Waals surface area contributed by atoms with Crippen LogP contribution >= 0.6 is 0 Å². The van der Waals surface area contributed by atoms with Crippen molar-refractivity contribution in [2.24, 2.45) is 5.92 Å². The van der Waals surface area contributed by atoms with Gasteiger partial charge in [-0.1, -0.05) is 19.1 Å². The molecule has 1 unspecified atom stereocenters. The third kappa shape index (κ3) is 5.59. The van der Waals surface area contributed by atoms with Crippen LogP contribution in [-0.4, -0.2) is 32.4 Å². The molecule has 2 aromatic heterocycles. The van der Waals surface area contributed by atoms with Crippen molar-refractivity contribution in [3.8, 4) is 5.69 Å². The SMILES string of the molecule is CC(CCNc1ccc(C(=O)O)cn1)Cc1ccc(-n2cc(C(F)(F)F)cn2)cc1. The fourth-order valence-electron chi connectivity index (χ4n) is 2.97. The number of aromatic nitrogens is 3. The second-order valence-corrected chi connectivity index (χ2v) is 7.10. The van der Waals surface area contributed by atoms with Crippen molar-refractivity contribution in [3.63, 3.8) is 0 Å². The van der Waals surface area contributed by atoms with E-state index in [1.54, 1.807) is 18.2 Å². The number of alkyl halides is 3. The van der Waals surface area contributed by atoms with E-state index in [-0.39, 0.29) is 5.56 Å². The van der Waals surface area contributed by atoms with Gasteiger partial charge in [0.05, 0.1) is 23.0 Å². The second kappa shape index (κ2) is 8.98. The maximum Gasteiger partial charge on any atom is 0.419 e. The van der Waals surface area contributed by atoms with Crippen LogP contribution in [0.1, 0.15) is 34.8 Å². The van der Waals surface area contributed by atoms with Crippen LogP contribution in [0.15, 0.2) is 55.0 Å². The van der Waals surface area contributed by atoms with E-state index in [1.807, 2.05) is 12.1 Å². The number of pyridine rings is 1. The predicted molar refractivity (Wildman–Crippen MR) is 106 cm³/mol. The van der Waals surface area contributed by atoms with Gasteiger partial charge >= 0.3 is 12.1 Å². The minimum atomic E-state index is -4.41. The number of anilines is 1. The van der Waals surface area contributed by atoms with Gasteiger partial charge < -0.3 is 10.4 Å². The minimum absolute atomic E-state index is 0.141. The van der Waals surface area contributed by atoms with Crippen LogP contribution < -0.4 is 5.32 Å². The zero-order valence-electron chi connectivity index (χ0n) is 16.2. The molecule has 0 spiro atoms. The van der Waals surface area contributed by atoms with Crippen molar-refractivity contribution < 1.29 is 23.1 Å². The summed E-state index contributed by atoms with van der Waals surface area (Å²) in [5.41, 5.74) is 1.01. The number of hydrogen-bond acceptors (Lipinski definition) is 4. The molecule has 3 rings (SSSR count). The number of hydrogen-bond donors (Lipinski definition) is 2. The lowest BCUT2D eigenvalue weighted by Crippen LogP contribution is -2.10. The Morgan fingerprint density at radius 3 is 2.47 bits per heavy atom. The lowest BCUT2D eigenvalue weighted by Gasteiger charge is -2.13. The van der Waals surface area contributed by atoms with Crippen LogP contribution in [0.4, 0.5) is 19.0 Å². The van der Waals surface area contributed by atoms with Gasteiger partial charge in [0.25, 0.3) is 0 Å². The van der Waals surface area contributed by atoms with Crippen LogP contribution in [0.2, 0.25) is 0 Å². The van der Waals surface area contributed by atoms with Gasteiger partial charge in [-0.25, -0.2) is 14.5 Å². The third-order valence-electron chi connectivity index (χ3n) is 4.65. The Hall–Kier alpha value is -3.36. The number of nitrogens with one attached hydrogen (secondary N) is 1. The summed E-state index contributed by atoms with van der Waals surface area (Å²) in [5.74, 6) is -0.0285. The molecule has 1 atom stereocenters. The van der Waals surface area contributed by atoms with Gasteiger partial charge in [-0.05, 0) is 48.6 Å². The lowest BCUT2D eigenvalue weighted by atomic mass is 9.98. The molecule has 6 nitrogen and oxygen atoms in total. The number of benzene rings is 1. The van der Waals surface area contributed by atoms with E-state index in [0.29, 0.717) is 24.0 Å². The van der Waals surface area contributed by atoms with Crippen molar-refractivity contribution in [2.75, 3.05) is 11.9 Å². The molecule has 0 saturated carbocycles. The van der Waals surface area contributed by atoms with Crippen molar-refractivity contribution in [3.05, 3.63) is 71.7 Å². The highest BCUT2D eigenvalue weighted by Gasteiger charge is 2.32. The molecule has 1 aromatic carbocycles. The van der Waals surface area contributed by atoms with E-state index in [9.17, 15) is 18.0 Å². The summed E-state index contributed by atoms with van der Waals surface area (Å²) in [6, 6.07) is 10.4. The molecule has 0 amide bonds. The van der Waals surface area contributed by atoms with Crippen LogP contribution in [0.3, 0.4) is 0 Å². The molecule has 0 bridgehead atoms. The lowest BCUT2D eigenvalue weighted by molar-refractivity contribution is -0.137. The minimum Gasteiger partial charge on any atom is -0.478 e. The highest BCUT2D eigenvalue weighted by molar-refractivity contribution is 5.87. The van der Waals surface area contributed by atoms with Gasteiger partial charge in [-0.15, -0.1) is 0 Å². The van der Waals surface area contributed by atoms with E-state index >= 15 is 0 Å². The van der Waals surface area contributed by atoms with Crippen molar-refractivity contribution in [1.29, 1.82) is 0 Å². The molecule has 0 radical (unpaired) electrons. The zero-order valence-corrected chi connectivity index (χ0v) is 16.2. The Bertz CT molecular complexity index is 983. The maximum absolute atomic E-state index is 12.7. The first-order chi connectivity index (χ1) is 14.2. The Kier molecular flexibility index (Phi) is 6.39. The molecular formula is C21H21F3N4O2. The third-order valence-corrected chi connectivity index (χ3v) is 4.65. The Balaban J connectivity index is 1.49. The van der Waals surface area contributed by atoms with Gasteiger partial charge in [0.2, 0.25) is 0 Å². The smallest absolute Gasteiger partial charge is 0.419 e. The number of nitrogens with zero attached hydrogens (tertiary/aromatic N) is 3. The van der Waals surface area contributed by atoms with Gasteiger partial charge in [-0.3, -0.25) is 0 Å². The molecule has 30 heavy (non-hydrogen) atoms. The molecule has 0 aliphatic carbocycles. The first kappa shape index (κ1) is 21.4. The molecule has 2 heterocycles. The second-order valence-electron chi connectivity index (χ2n) is 7.10. The molecule has 0 saturated heterocycles. The number of carboxylic acids is 1. The van der Waals surface area contributed by atoms with Crippen LogP contribution in [0.5, 0.6) is 0 Å². The highest BCUT2D eigenvalue weighted by atomic mass is 19.4. The molecule has 9 heteroatoms. The number of halogens is 3. The van der Waals surface area contributed by atoms with Crippen molar-refractivity contribution in [2.45, 2.75) is 25.9 Å². The summed E-state index contributed by atoms with van der Waals surface area (Å²) in [5, 5.41) is 15.8. The first-order valence-electron chi connectivity index (χ1n) is 9.37.